The van der Waals surface area contributed by atoms with E-state index in [-0.39, 0.29) is 11.5 Å². The molecule has 1 N–H and O–H groups in total. The lowest BCUT2D eigenvalue weighted by molar-refractivity contribution is 0.102. The second-order valence-corrected chi connectivity index (χ2v) is 7.03. The van der Waals surface area contributed by atoms with Crippen LogP contribution in [0.15, 0.2) is 60.2 Å². The van der Waals surface area contributed by atoms with Crippen molar-refractivity contribution >= 4 is 51.1 Å². The molecule has 0 aliphatic heterocycles. The number of hydrogen-bond donors (Lipinski definition) is 1. The molecule has 0 atom stereocenters. The number of aromatic nitrogens is 2. The molecule has 4 rings (SSSR count). The van der Waals surface area contributed by atoms with Gasteiger partial charge in [-0.1, -0.05) is 41.4 Å². The molecule has 4 nitrogen and oxygen atoms in total. The van der Waals surface area contributed by atoms with E-state index in [0.717, 1.165) is 16.2 Å². The van der Waals surface area contributed by atoms with Crippen molar-refractivity contribution in [3.05, 3.63) is 75.8 Å². The third-order valence-electron chi connectivity index (χ3n) is 3.72. The number of imidazole rings is 1. The summed E-state index contributed by atoms with van der Waals surface area (Å²) < 4.78 is 1.98. The summed E-state index contributed by atoms with van der Waals surface area (Å²) in [5.74, 6) is -0.342. The van der Waals surface area contributed by atoms with E-state index in [0.29, 0.717) is 15.7 Å². The minimum absolute atomic E-state index is 0.268. The molecule has 0 aliphatic rings. The molecular weight excluding hydrogens is 377 g/mol. The molecular formula is C18H11Cl2N3OS. The summed E-state index contributed by atoms with van der Waals surface area (Å²) in [4.78, 5) is 17.9. The zero-order chi connectivity index (χ0) is 17.4. The van der Waals surface area contributed by atoms with Gasteiger partial charge in [0.15, 0.2) is 4.96 Å². The van der Waals surface area contributed by atoms with E-state index in [4.69, 9.17) is 23.2 Å². The fourth-order valence-corrected chi connectivity index (χ4v) is 3.77. The first-order chi connectivity index (χ1) is 12.1. The van der Waals surface area contributed by atoms with Gasteiger partial charge in [0, 0.05) is 29.0 Å². The van der Waals surface area contributed by atoms with E-state index in [1.165, 1.54) is 0 Å². The van der Waals surface area contributed by atoms with Crippen molar-refractivity contribution in [2.75, 3.05) is 5.32 Å². The van der Waals surface area contributed by atoms with Gasteiger partial charge in [0.2, 0.25) is 0 Å². The van der Waals surface area contributed by atoms with Crippen molar-refractivity contribution in [2.45, 2.75) is 0 Å². The lowest BCUT2D eigenvalue weighted by atomic mass is 10.1. The van der Waals surface area contributed by atoms with Gasteiger partial charge < -0.3 is 5.32 Å². The van der Waals surface area contributed by atoms with E-state index in [2.05, 4.69) is 10.3 Å². The van der Waals surface area contributed by atoms with Gasteiger partial charge in [-0.2, -0.15) is 0 Å². The first kappa shape index (κ1) is 16.1. The number of halogens is 2. The van der Waals surface area contributed by atoms with Crippen molar-refractivity contribution in [2.24, 2.45) is 0 Å². The Morgan fingerprint density at radius 2 is 1.80 bits per heavy atom. The average molecular weight is 388 g/mol. The number of fused-ring (bicyclic) bond motifs is 1. The number of amides is 1. The predicted molar refractivity (Wildman–Crippen MR) is 103 cm³/mol. The first-order valence-electron chi connectivity index (χ1n) is 7.40. The van der Waals surface area contributed by atoms with Gasteiger partial charge in [0.05, 0.1) is 21.3 Å². The number of nitrogens with zero attached hydrogens (tertiary/aromatic N) is 2. The Balaban J connectivity index is 1.56. The zero-order valence-corrected chi connectivity index (χ0v) is 15.1. The average Bonchev–Trinajstić information content (AvgIpc) is 3.17. The molecule has 2 aromatic carbocycles. The minimum Gasteiger partial charge on any atom is -0.322 e. The smallest absolute Gasteiger partial charge is 0.258 e. The van der Waals surface area contributed by atoms with Crippen LogP contribution in [-0.4, -0.2) is 15.3 Å². The van der Waals surface area contributed by atoms with Crippen molar-refractivity contribution in [3.8, 4) is 11.3 Å². The number of carbonyl (C=O) groups excluding carboxylic acids is 1. The minimum atomic E-state index is -0.342. The fraction of sp³-hybridized carbons (Fsp3) is 0. The molecule has 0 bridgehead atoms. The Morgan fingerprint density at radius 1 is 1.08 bits per heavy atom. The Bertz CT molecular complexity index is 1020. The third-order valence-corrected chi connectivity index (χ3v) is 5.12. The summed E-state index contributed by atoms with van der Waals surface area (Å²) in [5, 5.41) is 5.44. The van der Waals surface area contributed by atoms with Crippen LogP contribution in [0.2, 0.25) is 10.0 Å². The number of carbonyl (C=O) groups is 1. The molecule has 124 valence electrons. The number of thiazole rings is 1. The zero-order valence-electron chi connectivity index (χ0n) is 12.7. The lowest BCUT2D eigenvalue weighted by Gasteiger charge is -2.08. The third kappa shape index (κ3) is 3.14. The molecule has 1 amide bonds. The number of benzene rings is 2. The van der Waals surface area contributed by atoms with Crippen LogP contribution < -0.4 is 5.32 Å². The normalized spacial score (nSPS) is 11.0. The van der Waals surface area contributed by atoms with Gasteiger partial charge in [-0.05, 0) is 24.3 Å². The highest BCUT2D eigenvalue weighted by Gasteiger charge is 2.14. The first-order valence-corrected chi connectivity index (χ1v) is 9.03. The van der Waals surface area contributed by atoms with E-state index < -0.39 is 0 Å². The van der Waals surface area contributed by atoms with Gasteiger partial charge in [0.25, 0.3) is 5.91 Å². The van der Waals surface area contributed by atoms with Crippen LogP contribution in [0.5, 0.6) is 0 Å². The Hall–Kier alpha value is -2.34. The highest BCUT2D eigenvalue weighted by molar-refractivity contribution is 7.15. The number of hydrogen-bond acceptors (Lipinski definition) is 3. The maximum absolute atomic E-state index is 12.4. The Kier molecular flexibility index (Phi) is 4.21. The highest BCUT2D eigenvalue weighted by atomic mass is 35.5. The SMILES string of the molecule is O=C(Nc1ccc(-c2cn3ccsc3n2)cc1)c1c(Cl)cccc1Cl. The quantitative estimate of drug-likeness (QED) is 0.495. The van der Waals surface area contributed by atoms with Crippen molar-refractivity contribution in [1.82, 2.24) is 9.38 Å². The van der Waals surface area contributed by atoms with Crippen LogP contribution in [-0.2, 0) is 0 Å². The fourth-order valence-electron chi connectivity index (χ4n) is 2.50. The molecule has 0 fully saturated rings. The van der Waals surface area contributed by atoms with Crippen LogP contribution >= 0.6 is 34.5 Å². The van der Waals surface area contributed by atoms with Gasteiger partial charge in [-0.25, -0.2) is 4.98 Å². The summed E-state index contributed by atoms with van der Waals surface area (Å²) in [6, 6.07) is 12.4. The molecule has 0 radical (unpaired) electrons. The summed E-state index contributed by atoms with van der Waals surface area (Å²) in [5.41, 5.74) is 2.79. The maximum atomic E-state index is 12.4. The molecule has 2 aromatic heterocycles. The highest BCUT2D eigenvalue weighted by Crippen LogP contribution is 2.26. The van der Waals surface area contributed by atoms with Crippen LogP contribution in [0, 0.1) is 0 Å². The van der Waals surface area contributed by atoms with Crippen LogP contribution in [0.25, 0.3) is 16.2 Å². The molecule has 2 heterocycles. The van der Waals surface area contributed by atoms with E-state index in [1.807, 2.05) is 46.4 Å². The molecule has 0 aliphatic carbocycles. The van der Waals surface area contributed by atoms with Crippen LogP contribution in [0.1, 0.15) is 10.4 Å². The summed E-state index contributed by atoms with van der Waals surface area (Å²) >= 11 is 13.7. The van der Waals surface area contributed by atoms with E-state index in [9.17, 15) is 4.79 Å². The predicted octanol–water partition coefficient (Wildman–Crippen LogP) is 5.62. The summed E-state index contributed by atoms with van der Waals surface area (Å²) in [6.45, 7) is 0. The number of rotatable bonds is 3. The van der Waals surface area contributed by atoms with Gasteiger partial charge >= 0.3 is 0 Å². The molecule has 0 unspecified atom stereocenters. The second-order valence-electron chi connectivity index (χ2n) is 5.35. The van der Waals surface area contributed by atoms with E-state index >= 15 is 0 Å². The number of anilines is 1. The largest absolute Gasteiger partial charge is 0.322 e. The van der Waals surface area contributed by atoms with Gasteiger partial charge in [-0.3, -0.25) is 9.20 Å². The van der Waals surface area contributed by atoms with E-state index in [1.54, 1.807) is 29.5 Å². The molecule has 0 spiro atoms. The molecule has 0 saturated carbocycles. The monoisotopic (exact) mass is 387 g/mol. The van der Waals surface area contributed by atoms with Crippen molar-refractivity contribution in [1.29, 1.82) is 0 Å². The maximum Gasteiger partial charge on any atom is 0.258 e. The Labute approximate surface area is 157 Å². The summed E-state index contributed by atoms with van der Waals surface area (Å²) in [6.07, 6.45) is 3.95. The standard InChI is InChI=1S/C18H11Cl2N3OS/c19-13-2-1-3-14(20)16(13)17(24)21-12-6-4-11(5-7-12)15-10-23-8-9-25-18(23)22-15/h1-10H,(H,21,24). The molecule has 25 heavy (non-hydrogen) atoms. The second kappa shape index (κ2) is 6.52. The van der Waals surface area contributed by atoms with Crippen molar-refractivity contribution < 1.29 is 4.79 Å². The van der Waals surface area contributed by atoms with Crippen LogP contribution in [0.3, 0.4) is 0 Å². The molecule has 4 aromatic rings. The van der Waals surface area contributed by atoms with Gasteiger partial charge in [0.1, 0.15) is 0 Å². The molecule has 7 heteroatoms. The van der Waals surface area contributed by atoms with Crippen LogP contribution in [0.4, 0.5) is 5.69 Å². The summed E-state index contributed by atoms with van der Waals surface area (Å²) in [7, 11) is 0. The topological polar surface area (TPSA) is 46.4 Å². The number of nitrogens with one attached hydrogen (secondary N) is 1. The molecule has 0 saturated heterocycles. The Morgan fingerprint density at radius 3 is 2.48 bits per heavy atom. The van der Waals surface area contributed by atoms with Crippen molar-refractivity contribution in [3.63, 3.8) is 0 Å². The van der Waals surface area contributed by atoms with Gasteiger partial charge in [-0.15, -0.1) is 11.3 Å². The lowest BCUT2D eigenvalue weighted by Crippen LogP contribution is -2.13.